The van der Waals surface area contributed by atoms with E-state index in [9.17, 15) is 30.8 Å². The number of carbonyl (C=O) groups is 1. The molecule has 0 bridgehead atoms. The Labute approximate surface area is 183 Å². The summed E-state index contributed by atoms with van der Waals surface area (Å²) in [6.07, 6.45) is 0. The van der Waals surface area contributed by atoms with Crippen LogP contribution < -0.4 is 4.74 Å². The number of carbonyl (C=O) groups excluding carboxylic acids is 1. The normalized spacial score (nSPS) is 12.6. The van der Waals surface area contributed by atoms with Gasteiger partial charge in [0.25, 0.3) is 0 Å². The van der Waals surface area contributed by atoms with Crippen molar-refractivity contribution in [2.45, 2.75) is 25.9 Å². The van der Waals surface area contributed by atoms with Crippen molar-refractivity contribution >= 4 is 27.0 Å². The van der Waals surface area contributed by atoms with E-state index in [0.717, 1.165) is 26.8 Å². The third kappa shape index (κ3) is 4.64. The lowest BCUT2D eigenvalue weighted by Gasteiger charge is -2.21. The molecule has 0 unspecified atom stereocenters. The van der Waals surface area contributed by atoms with Gasteiger partial charge in [-0.2, -0.15) is 26.0 Å². The number of ether oxygens (including phenoxy) is 1. The first-order valence-electron chi connectivity index (χ1n) is 8.84. The van der Waals surface area contributed by atoms with E-state index in [1.807, 2.05) is 60.7 Å². The van der Waals surface area contributed by atoms with Crippen molar-refractivity contribution in [1.82, 2.24) is 0 Å². The van der Waals surface area contributed by atoms with Gasteiger partial charge in [-0.25, -0.2) is 4.79 Å². The first-order chi connectivity index (χ1) is 14.9. The van der Waals surface area contributed by atoms with Crippen LogP contribution in [0.1, 0.15) is 0 Å². The van der Waals surface area contributed by atoms with Crippen molar-refractivity contribution in [2.24, 2.45) is 0 Å². The molecule has 32 heavy (non-hydrogen) atoms. The Morgan fingerprint density at radius 3 is 1.56 bits per heavy atom. The molecule has 1 N–H and O–H groups in total. The fourth-order valence-electron chi connectivity index (χ4n) is 2.62. The Kier molecular flexibility index (Phi) is 6.63. The van der Waals surface area contributed by atoms with Crippen LogP contribution in [0.2, 0.25) is 0 Å². The van der Waals surface area contributed by atoms with E-state index in [2.05, 4.69) is 4.74 Å². The van der Waals surface area contributed by atoms with Crippen LogP contribution in [0.5, 0.6) is 5.75 Å². The maximum atomic E-state index is 13.7. The second kappa shape index (κ2) is 8.93. The van der Waals surface area contributed by atoms with Gasteiger partial charge in [0.1, 0.15) is 5.75 Å². The van der Waals surface area contributed by atoms with Crippen molar-refractivity contribution in [3.63, 3.8) is 0 Å². The SMILES string of the molecule is O=C(Oc1ccc([S+](c2ccccc2)c2ccccc2)cc1)C(F)(F)C(F)(F)S(=O)(=O)O. The first kappa shape index (κ1) is 23.8. The number of hydrogen-bond acceptors (Lipinski definition) is 4. The summed E-state index contributed by atoms with van der Waals surface area (Å²) in [6.45, 7) is 0. The quantitative estimate of drug-likeness (QED) is 0.170. The summed E-state index contributed by atoms with van der Waals surface area (Å²) in [5.41, 5.74) is 0. The number of rotatable bonds is 7. The molecule has 3 rings (SSSR count). The van der Waals surface area contributed by atoms with Crippen LogP contribution in [-0.4, -0.2) is 30.1 Å². The summed E-state index contributed by atoms with van der Waals surface area (Å²) in [7, 11) is -7.16. The third-order valence-electron chi connectivity index (χ3n) is 4.17. The Hall–Kier alpha value is -2.89. The van der Waals surface area contributed by atoms with Gasteiger partial charge in [0.2, 0.25) is 0 Å². The van der Waals surface area contributed by atoms with Gasteiger partial charge in [0.15, 0.2) is 14.7 Å². The minimum Gasteiger partial charge on any atom is -0.422 e. The number of esters is 1. The molecule has 0 aliphatic carbocycles. The minimum atomic E-state index is -6.56. The molecule has 0 aliphatic heterocycles. The van der Waals surface area contributed by atoms with Gasteiger partial charge in [0.05, 0.1) is 10.9 Å². The highest BCUT2D eigenvalue weighted by molar-refractivity contribution is 7.97. The Bertz CT molecular complexity index is 1150. The summed E-state index contributed by atoms with van der Waals surface area (Å²) in [5, 5.41) is -6.05. The van der Waals surface area contributed by atoms with Gasteiger partial charge in [-0.15, -0.1) is 0 Å². The van der Waals surface area contributed by atoms with Crippen LogP contribution >= 0.6 is 0 Å². The molecule has 0 atom stereocenters. The van der Waals surface area contributed by atoms with Crippen LogP contribution in [-0.2, 0) is 25.8 Å². The molecule has 3 aromatic rings. The minimum absolute atomic E-state index is 0.505. The van der Waals surface area contributed by atoms with E-state index in [1.165, 1.54) is 12.1 Å². The van der Waals surface area contributed by atoms with Gasteiger partial charge >= 0.3 is 27.3 Å². The smallest absolute Gasteiger partial charge is 0.422 e. The standard InChI is InChI=1S/C21H14F4O5S2/c22-20(23,21(24,25)32(27,28)29)19(26)30-15-11-13-18(14-12-15)31(16-7-3-1-4-8-16)17-9-5-2-6-10-17/h1-14H/p+1. The van der Waals surface area contributed by atoms with Gasteiger partial charge in [0, 0.05) is 0 Å². The second-order valence-corrected chi connectivity index (χ2v) is 9.85. The molecule has 0 amide bonds. The van der Waals surface area contributed by atoms with Crippen LogP contribution in [0.4, 0.5) is 17.6 Å². The Balaban J connectivity index is 1.89. The number of alkyl halides is 4. The van der Waals surface area contributed by atoms with Crippen LogP contribution in [0.25, 0.3) is 0 Å². The first-order valence-corrected chi connectivity index (χ1v) is 11.5. The average molecular weight is 487 g/mol. The molecular weight excluding hydrogens is 472 g/mol. The summed E-state index contributed by atoms with van der Waals surface area (Å²) < 4.78 is 87.7. The predicted octanol–water partition coefficient (Wildman–Crippen LogP) is 4.80. The number of hydrogen-bond donors (Lipinski definition) is 1. The molecule has 0 saturated heterocycles. The lowest BCUT2D eigenvalue weighted by Crippen LogP contribution is -2.53. The monoisotopic (exact) mass is 487 g/mol. The molecule has 5 nitrogen and oxygen atoms in total. The van der Waals surface area contributed by atoms with E-state index in [1.54, 1.807) is 0 Å². The van der Waals surface area contributed by atoms with Gasteiger partial charge < -0.3 is 4.74 Å². The maximum absolute atomic E-state index is 13.7. The van der Waals surface area contributed by atoms with Crippen LogP contribution in [0.15, 0.2) is 99.6 Å². The fourth-order valence-corrected chi connectivity index (χ4v) is 5.11. The molecule has 0 saturated carbocycles. The molecule has 0 heterocycles. The highest BCUT2D eigenvalue weighted by Gasteiger charge is 2.71. The molecule has 0 spiro atoms. The fraction of sp³-hybridized carbons (Fsp3) is 0.0952. The molecule has 3 aromatic carbocycles. The average Bonchev–Trinajstić information content (AvgIpc) is 2.75. The number of benzene rings is 3. The topological polar surface area (TPSA) is 80.7 Å². The van der Waals surface area contributed by atoms with Crippen molar-refractivity contribution < 1.29 is 40.1 Å². The molecule has 0 aliphatic rings. The summed E-state index contributed by atoms with van der Waals surface area (Å²) in [5.74, 6) is -9.13. The predicted molar refractivity (Wildman–Crippen MR) is 109 cm³/mol. The van der Waals surface area contributed by atoms with Gasteiger partial charge in [-0.1, -0.05) is 36.4 Å². The molecule has 0 radical (unpaired) electrons. The second-order valence-electron chi connectivity index (χ2n) is 6.36. The largest absolute Gasteiger partial charge is 0.443 e. The summed E-state index contributed by atoms with van der Waals surface area (Å²) in [6, 6.07) is 23.9. The van der Waals surface area contributed by atoms with Crippen molar-refractivity contribution in [3.8, 4) is 5.75 Å². The van der Waals surface area contributed by atoms with Crippen molar-refractivity contribution in [1.29, 1.82) is 0 Å². The molecule has 11 heteroatoms. The van der Waals surface area contributed by atoms with E-state index in [-0.39, 0.29) is 0 Å². The van der Waals surface area contributed by atoms with Crippen LogP contribution in [0, 0.1) is 0 Å². The summed E-state index contributed by atoms with van der Waals surface area (Å²) in [4.78, 5) is 14.2. The van der Waals surface area contributed by atoms with Crippen LogP contribution in [0.3, 0.4) is 0 Å². The Morgan fingerprint density at radius 1 is 0.750 bits per heavy atom. The van der Waals surface area contributed by atoms with E-state index < -0.39 is 43.9 Å². The third-order valence-corrected chi connectivity index (χ3v) is 7.31. The zero-order valence-electron chi connectivity index (χ0n) is 16.0. The zero-order chi connectivity index (χ0) is 23.6. The molecular formula is C21H15F4O5S2+. The van der Waals surface area contributed by atoms with E-state index >= 15 is 0 Å². The van der Waals surface area contributed by atoms with E-state index in [4.69, 9.17) is 4.55 Å². The van der Waals surface area contributed by atoms with Gasteiger partial charge in [-0.05, 0) is 48.5 Å². The molecule has 168 valence electrons. The lowest BCUT2D eigenvalue weighted by atomic mass is 10.3. The number of halogens is 4. The highest BCUT2D eigenvalue weighted by atomic mass is 32.2. The summed E-state index contributed by atoms with van der Waals surface area (Å²) >= 11 is 0. The van der Waals surface area contributed by atoms with Gasteiger partial charge in [-0.3, -0.25) is 4.55 Å². The van der Waals surface area contributed by atoms with Crippen molar-refractivity contribution in [3.05, 3.63) is 84.9 Å². The zero-order valence-corrected chi connectivity index (χ0v) is 17.6. The Morgan fingerprint density at radius 2 is 1.16 bits per heavy atom. The highest BCUT2D eigenvalue weighted by Crippen LogP contribution is 2.39. The molecule has 0 aromatic heterocycles. The maximum Gasteiger partial charge on any atom is 0.443 e. The molecule has 0 fully saturated rings. The van der Waals surface area contributed by atoms with Crippen molar-refractivity contribution in [2.75, 3.05) is 0 Å². The lowest BCUT2D eigenvalue weighted by molar-refractivity contribution is -0.196. The van der Waals surface area contributed by atoms with E-state index in [0.29, 0.717) is 0 Å².